The van der Waals surface area contributed by atoms with Crippen molar-refractivity contribution >= 4 is 11.6 Å². The average molecular weight is 289 g/mol. The van der Waals surface area contributed by atoms with Crippen LogP contribution < -0.4 is 5.32 Å². The van der Waals surface area contributed by atoms with Gasteiger partial charge < -0.3 is 15.2 Å². The zero-order valence-electron chi connectivity index (χ0n) is 12.9. The lowest BCUT2D eigenvalue weighted by Gasteiger charge is -2.11. The summed E-state index contributed by atoms with van der Waals surface area (Å²) in [5, 5.41) is 11.6. The van der Waals surface area contributed by atoms with Crippen LogP contribution in [-0.4, -0.2) is 31.3 Å². The van der Waals surface area contributed by atoms with Crippen LogP contribution in [0.25, 0.3) is 0 Å². The van der Waals surface area contributed by atoms with E-state index in [1.807, 2.05) is 32.0 Å². The summed E-state index contributed by atoms with van der Waals surface area (Å²) in [4.78, 5) is 11.9. The molecule has 4 heteroatoms. The molecule has 114 valence electrons. The Hall–Kier alpha value is -1.83. The molecule has 1 aromatic carbocycles. The van der Waals surface area contributed by atoms with Gasteiger partial charge in [0.15, 0.2) is 0 Å². The number of aliphatic hydroxyl groups excluding tert-OH is 1. The van der Waals surface area contributed by atoms with Gasteiger partial charge in [-0.2, -0.15) is 0 Å². The highest BCUT2D eigenvalue weighted by Crippen LogP contribution is 2.15. The summed E-state index contributed by atoms with van der Waals surface area (Å²) in [5.74, 6) is 6.05. The van der Waals surface area contributed by atoms with E-state index in [4.69, 9.17) is 9.84 Å². The van der Waals surface area contributed by atoms with Crippen molar-refractivity contribution in [3.8, 4) is 11.8 Å². The molecule has 1 amide bonds. The third kappa shape index (κ3) is 6.44. The molecule has 1 unspecified atom stereocenters. The van der Waals surface area contributed by atoms with Crippen LogP contribution in [-0.2, 0) is 9.53 Å². The quantitative estimate of drug-likeness (QED) is 0.790. The fourth-order valence-corrected chi connectivity index (χ4v) is 1.92. The molecule has 0 spiro atoms. The monoisotopic (exact) mass is 289 g/mol. The lowest BCUT2D eigenvalue weighted by molar-refractivity contribution is -0.117. The Morgan fingerprint density at radius 2 is 2.24 bits per heavy atom. The van der Waals surface area contributed by atoms with Gasteiger partial charge in [0.25, 0.3) is 0 Å². The van der Waals surface area contributed by atoms with E-state index in [0.717, 1.165) is 16.8 Å². The molecule has 0 aliphatic heterocycles. The van der Waals surface area contributed by atoms with Gasteiger partial charge in [0.1, 0.15) is 0 Å². The minimum atomic E-state index is -0.0299. The molecule has 0 aliphatic rings. The SMILES string of the molecule is COCC(C)CC(=O)Nc1ccc(C)c(C#CCCO)c1. The second kappa shape index (κ2) is 9.17. The zero-order chi connectivity index (χ0) is 15.7. The molecule has 0 heterocycles. The lowest BCUT2D eigenvalue weighted by Crippen LogP contribution is -2.17. The number of ether oxygens (including phenoxy) is 1. The molecule has 0 saturated heterocycles. The standard InChI is InChI=1S/C17H23NO3/c1-13(12-21-3)10-17(20)18-16-8-7-14(2)15(11-16)6-4-5-9-19/h7-8,11,13,19H,5,9-10,12H2,1-3H3,(H,18,20). The maximum atomic E-state index is 11.9. The van der Waals surface area contributed by atoms with E-state index in [1.165, 1.54) is 0 Å². The molecule has 21 heavy (non-hydrogen) atoms. The minimum absolute atomic E-state index is 0.0299. The highest BCUT2D eigenvalue weighted by molar-refractivity contribution is 5.91. The van der Waals surface area contributed by atoms with Gasteiger partial charge in [-0.05, 0) is 30.5 Å². The molecule has 0 radical (unpaired) electrons. The highest BCUT2D eigenvalue weighted by Gasteiger charge is 2.09. The first kappa shape index (κ1) is 17.2. The number of aryl methyl sites for hydroxylation is 1. The molecule has 0 aliphatic carbocycles. The fraction of sp³-hybridized carbons (Fsp3) is 0.471. The van der Waals surface area contributed by atoms with Crippen LogP contribution in [0.15, 0.2) is 18.2 Å². The van der Waals surface area contributed by atoms with Crippen LogP contribution in [0.5, 0.6) is 0 Å². The topological polar surface area (TPSA) is 58.6 Å². The van der Waals surface area contributed by atoms with Gasteiger partial charge in [0, 0.05) is 37.8 Å². The van der Waals surface area contributed by atoms with Crippen molar-refractivity contribution in [2.75, 3.05) is 25.6 Å². The van der Waals surface area contributed by atoms with Gasteiger partial charge in [-0.15, -0.1) is 0 Å². The van der Waals surface area contributed by atoms with Gasteiger partial charge in [-0.3, -0.25) is 4.79 Å². The Balaban J connectivity index is 2.70. The molecule has 2 N–H and O–H groups in total. The van der Waals surface area contributed by atoms with E-state index < -0.39 is 0 Å². The minimum Gasteiger partial charge on any atom is -0.395 e. The number of carbonyl (C=O) groups excluding carboxylic acids is 1. The van der Waals surface area contributed by atoms with Crippen molar-refractivity contribution in [1.29, 1.82) is 0 Å². The Labute approximate surface area is 126 Å². The number of nitrogens with one attached hydrogen (secondary N) is 1. The predicted octanol–water partition coefficient (Wildman–Crippen LogP) is 2.34. The Morgan fingerprint density at radius 3 is 2.90 bits per heavy atom. The van der Waals surface area contributed by atoms with Crippen LogP contribution in [0.1, 0.15) is 30.9 Å². The van der Waals surface area contributed by atoms with E-state index in [1.54, 1.807) is 7.11 Å². The lowest BCUT2D eigenvalue weighted by atomic mass is 10.1. The second-order valence-corrected chi connectivity index (χ2v) is 5.12. The third-order valence-corrected chi connectivity index (χ3v) is 2.97. The average Bonchev–Trinajstić information content (AvgIpc) is 2.42. The summed E-state index contributed by atoms with van der Waals surface area (Å²) >= 11 is 0. The summed E-state index contributed by atoms with van der Waals surface area (Å²) in [6, 6.07) is 5.65. The first-order valence-electron chi connectivity index (χ1n) is 7.06. The summed E-state index contributed by atoms with van der Waals surface area (Å²) in [6.45, 7) is 4.57. The van der Waals surface area contributed by atoms with E-state index in [9.17, 15) is 4.79 Å². The van der Waals surface area contributed by atoms with E-state index >= 15 is 0 Å². The van der Waals surface area contributed by atoms with Crippen molar-refractivity contribution in [2.24, 2.45) is 5.92 Å². The number of rotatable bonds is 6. The third-order valence-electron chi connectivity index (χ3n) is 2.97. The van der Waals surface area contributed by atoms with Gasteiger partial charge in [0.2, 0.25) is 5.91 Å². The van der Waals surface area contributed by atoms with E-state index in [-0.39, 0.29) is 18.4 Å². The molecule has 0 saturated carbocycles. The van der Waals surface area contributed by atoms with Crippen molar-refractivity contribution < 1.29 is 14.6 Å². The van der Waals surface area contributed by atoms with Gasteiger partial charge in [0.05, 0.1) is 6.61 Å². The molecule has 0 aromatic heterocycles. The van der Waals surface area contributed by atoms with Crippen LogP contribution in [0.2, 0.25) is 0 Å². The number of hydrogen-bond donors (Lipinski definition) is 2. The molecule has 1 aromatic rings. The summed E-state index contributed by atoms with van der Waals surface area (Å²) in [5.41, 5.74) is 2.65. The second-order valence-electron chi connectivity index (χ2n) is 5.12. The first-order valence-corrected chi connectivity index (χ1v) is 7.06. The van der Waals surface area contributed by atoms with Crippen molar-refractivity contribution in [1.82, 2.24) is 0 Å². The number of carbonyl (C=O) groups is 1. The fourth-order valence-electron chi connectivity index (χ4n) is 1.92. The molecule has 1 rings (SSSR count). The summed E-state index contributed by atoms with van der Waals surface area (Å²) < 4.78 is 5.03. The van der Waals surface area contributed by atoms with Gasteiger partial charge >= 0.3 is 0 Å². The molecular formula is C17H23NO3. The van der Waals surface area contributed by atoms with E-state index in [0.29, 0.717) is 19.4 Å². The summed E-state index contributed by atoms with van der Waals surface area (Å²) in [7, 11) is 1.63. The summed E-state index contributed by atoms with van der Waals surface area (Å²) in [6.07, 6.45) is 0.873. The Kier molecular flexibility index (Phi) is 7.52. The normalized spacial score (nSPS) is 11.4. The van der Waals surface area contributed by atoms with Gasteiger partial charge in [-0.1, -0.05) is 24.8 Å². The Morgan fingerprint density at radius 1 is 1.48 bits per heavy atom. The molecule has 0 fully saturated rings. The maximum Gasteiger partial charge on any atom is 0.224 e. The van der Waals surface area contributed by atoms with Gasteiger partial charge in [-0.25, -0.2) is 0 Å². The smallest absolute Gasteiger partial charge is 0.224 e. The Bertz CT molecular complexity index is 529. The van der Waals surface area contributed by atoms with Crippen LogP contribution in [0, 0.1) is 24.7 Å². The molecule has 0 bridgehead atoms. The zero-order valence-corrected chi connectivity index (χ0v) is 12.9. The first-order chi connectivity index (χ1) is 10.1. The predicted molar refractivity (Wildman–Crippen MR) is 84.0 cm³/mol. The molecule has 1 atom stereocenters. The van der Waals surface area contributed by atoms with Crippen LogP contribution >= 0.6 is 0 Å². The van der Waals surface area contributed by atoms with Crippen molar-refractivity contribution in [3.05, 3.63) is 29.3 Å². The molecular weight excluding hydrogens is 266 g/mol. The molecule has 4 nitrogen and oxygen atoms in total. The van der Waals surface area contributed by atoms with E-state index in [2.05, 4.69) is 17.2 Å². The van der Waals surface area contributed by atoms with Crippen LogP contribution in [0.3, 0.4) is 0 Å². The number of anilines is 1. The van der Waals surface area contributed by atoms with Crippen molar-refractivity contribution in [2.45, 2.75) is 26.7 Å². The number of methoxy groups -OCH3 is 1. The number of benzene rings is 1. The largest absolute Gasteiger partial charge is 0.395 e. The van der Waals surface area contributed by atoms with Crippen molar-refractivity contribution in [3.63, 3.8) is 0 Å². The number of aliphatic hydroxyl groups is 1. The number of amides is 1. The maximum absolute atomic E-state index is 11.9. The number of hydrogen-bond acceptors (Lipinski definition) is 3. The highest BCUT2D eigenvalue weighted by atomic mass is 16.5. The van der Waals surface area contributed by atoms with Crippen LogP contribution in [0.4, 0.5) is 5.69 Å².